The van der Waals surface area contributed by atoms with E-state index in [1.54, 1.807) is 36.4 Å². The first kappa shape index (κ1) is 20.9. The fraction of sp³-hybridized carbons (Fsp3) is 0.250. The molecule has 10 heteroatoms. The van der Waals surface area contributed by atoms with E-state index in [0.717, 1.165) is 0 Å². The number of esters is 1. The highest BCUT2D eigenvalue weighted by atomic mass is 16.6. The second-order valence-corrected chi connectivity index (χ2v) is 6.13. The number of carbonyl (C=O) groups is 3. The van der Waals surface area contributed by atoms with E-state index in [0.29, 0.717) is 36.1 Å². The van der Waals surface area contributed by atoms with E-state index in [1.807, 2.05) is 0 Å². The molecular weight excluding hydrogens is 394 g/mol. The van der Waals surface area contributed by atoms with E-state index in [-0.39, 0.29) is 18.7 Å². The summed E-state index contributed by atoms with van der Waals surface area (Å²) in [5, 5.41) is 16.3. The molecule has 0 saturated carbocycles. The number of fused-ring (bicyclic) bond motifs is 1. The average Bonchev–Trinajstić information content (AvgIpc) is 2.76. The Balaban J connectivity index is 1.48. The Hall–Kier alpha value is -3.79. The van der Waals surface area contributed by atoms with Gasteiger partial charge in [-0.05, 0) is 24.3 Å². The predicted molar refractivity (Wildman–Crippen MR) is 107 cm³/mol. The van der Waals surface area contributed by atoms with Crippen LogP contribution in [0.1, 0.15) is 10.4 Å². The van der Waals surface area contributed by atoms with Crippen molar-refractivity contribution in [1.29, 1.82) is 0 Å². The maximum absolute atomic E-state index is 12.2. The molecule has 1 aliphatic rings. The molecule has 1 aliphatic heterocycles. The van der Waals surface area contributed by atoms with Gasteiger partial charge in [-0.2, -0.15) is 0 Å². The minimum Gasteiger partial charge on any atom is -0.486 e. The van der Waals surface area contributed by atoms with Crippen molar-refractivity contribution in [2.75, 3.05) is 43.6 Å². The minimum atomic E-state index is -0.792. The smallest absolute Gasteiger partial charge is 0.340 e. The molecule has 0 radical (unpaired) electrons. The van der Waals surface area contributed by atoms with E-state index in [4.69, 9.17) is 19.3 Å². The van der Waals surface area contributed by atoms with Crippen molar-refractivity contribution in [2.24, 2.45) is 0 Å². The summed E-state index contributed by atoms with van der Waals surface area (Å²) in [7, 11) is 0. The van der Waals surface area contributed by atoms with Gasteiger partial charge in [0, 0.05) is 24.0 Å². The number of imide groups is 1. The van der Waals surface area contributed by atoms with Crippen molar-refractivity contribution in [3.63, 3.8) is 0 Å². The first-order valence-electron chi connectivity index (χ1n) is 9.18. The van der Waals surface area contributed by atoms with Gasteiger partial charge >= 0.3 is 12.0 Å². The minimum absolute atomic E-state index is 0.107. The molecule has 0 spiro atoms. The molecule has 3 amide bonds. The van der Waals surface area contributed by atoms with Gasteiger partial charge < -0.3 is 30.0 Å². The number of ether oxygens (including phenoxy) is 3. The highest BCUT2D eigenvalue weighted by Gasteiger charge is 2.16. The van der Waals surface area contributed by atoms with Crippen LogP contribution in [-0.2, 0) is 9.53 Å². The Morgan fingerprint density at radius 3 is 2.60 bits per heavy atom. The summed E-state index contributed by atoms with van der Waals surface area (Å²) < 4.78 is 15.8. The normalized spacial score (nSPS) is 11.9. The number of aliphatic hydroxyl groups excluding tert-OH is 1. The Labute approximate surface area is 172 Å². The molecular formula is C20H21N3O7. The van der Waals surface area contributed by atoms with E-state index in [1.165, 1.54) is 6.07 Å². The van der Waals surface area contributed by atoms with Crippen LogP contribution >= 0.6 is 0 Å². The number of urea groups is 1. The van der Waals surface area contributed by atoms with Crippen molar-refractivity contribution >= 4 is 29.3 Å². The molecule has 0 saturated heterocycles. The third-order valence-electron chi connectivity index (χ3n) is 3.96. The van der Waals surface area contributed by atoms with Gasteiger partial charge in [0.25, 0.3) is 5.91 Å². The number of hydrogen-bond acceptors (Lipinski definition) is 8. The average molecular weight is 415 g/mol. The van der Waals surface area contributed by atoms with E-state index < -0.39 is 24.5 Å². The maximum atomic E-state index is 12.2. The van der Waals surface area contributed by atoms with Crippen LogP contribution in [0.2, 0.25) is 0 Å². The molecule has 30 heavy (non-hydrogen) atoms. The molecule has 10 nitrogen and oxygen atoms in total. The van der Waals surface area contributed by atoms with Crippen molar-refractivity contribution in [3.8, 4) is 11.5 Å². The first-order chi connectivity index (χ1) is 14.6. The topological polar surface area (TPSA) is 135 Å². The molecule has 0 aromatic heterocycles. The molecule has 4 N–H and O–H groups in total. The van der Waals surface area contributed by atoms with Gasteiger partial charge in [-0.25, -0.2) is 9.59 Å². The van der Waals surface area contributed by atoms with Gasteiger partial charge in [0.2, 0.25) is 0 Å². The van der Waals surface area contributed by atoms with Crippen LogP contribution < -0.4 is 25.4 Å². The zero-order valence-electron chi connectivity index (χ0n) is 16.0. The Morgan fingerprint density at radius 1 is 1.03 bits per heavy atom. The number of benzene rings is 2. The molecule has 1 heterocycles. The Kier molecular flexibility index (Phi) is 7.06. The summed E-state index contributed by atoms with van der Waals surface area (Å²) in [6, 6.07) is 10.6. The maximum Gasteiger partial charge on any atom is 0.340 e. The largest absolute Gasteiger partial charge is 0.486 e. The highest BCUT2D eigenvalue weighted by molar-refractivity contribution is 6.03. The summed E-state index contributed by atoms with van der Waals surface area (Å²) in [4.78, 5) is 36.1. The number of carbonyl (C=O) groups excluding carboxylic acids is 3. The quantitative estimate of drug-likeness (QED) is 0.498. The molecule has 2 aromatic carbocycles. The zero-order chi connectivity index (χ0) is 21.3. The fourth-order valence-corrected chi connectivity index (χ4v) is 2.66. The van der Waals surface area contributed by atoms with Gasteiger partial charge in [-0.1, -0.05) is 12.1 Å². The van der Waals surface area contributed by atoms with Crippen molar-refractivity contribution in [1.82, 2.24) is 5.32 Å². The molecule has 2 aromatic rings. The number of rotatable bonds is 7. The third kappa shape index (κ3) is 5.61. The van der Waals surface area contributed by atoms with Crippen LogP contribution in [0.3, 0.4) is 0 Å². The third-order valence-corrected chi connectivity index (χ3v) is 3.96. The molecule has 0 aliphatic carbocycles. The summed E-state index contributed by atoms with van der Waals surface area (Å²) in [6.45, 7) is 0.372. The van der Waals surface area contributed by atoms with E-state index in [2.05, 4.69) is 16.0 Å². The standard InChI is InChI=1S/C20H21N3O7/c24-8-7-21-15-4-2-1-3-14(15)19(26)30-12-18(25)23-20(27)22-13-5-6-16-17(11-13)29-10-9-28-16/h1-6,11,21,24H,7-10,12H2,(H2,22,23,25,27). The number of nitrogens with one attached hydrogen (secondary N) is 3. The second kappa shape index (κ2) is 10.1. The summed E-state index contributed by atoms with van der Waals surface area (Å²) in [6.07, 6.45) is 0. The molecule has 0 fully saturated rings. The summed E-state index contributed by atoms with van der Waals surface area (Å²) in [5.74, 6) is -0.464. The van der Waals surface area contributed by atoms with Gasteiger partial charge in [0.05, 0.1) is 12.2 Å². The lowest BCUT2D eigenvalue weighted by Gasteiger charge is -2.19. The molecule has 158 valence electrons. The predicted octanol–water partition coefficient (Wildman–Crippen LogP) is 1.37. The van der Waals surface area contributed by atoms with Crippen LogP contribution in [0.4, 0.5) is 16.2 Å². The van der Waals surface area contributed by atoms with Gasteiger partial charge in [0.1, 0.15) is 13.2 Å². The second-order valence-electron chi connectivity index (χ2n) is 6.13. The molecule has 3 rings (SSSR count). The Bertz CT molecular complexity index is 932. The van der Waals surface area contributed by atoms with Crippen LogP contribution in [0.5, 0.6) is 11.5 Å². The molecule has 0 bridgehead atoms. The molecule has 0 unspecified atom stereocenters. The monoisotopic (exact) mass is 415 g/mol. The van der Waals surface area contributed by atoms with Crippen molar-refractivity contribution in [2.45, 2.75) is 0 Å². The van der Waals surface area contributed by atoms with Crippen LogP contribution in [0.15, 0.2) is 42.5 Å². The lowest BCUT2D eigenvalue weighted by Crippen LogP contribution is -2.37. The SMILES string of the molecule is O=C(COC(=O)c1ccccc1NCCO)NC(=O)Nc1ccc2c(c1)OCCO2. The number of amides is 3. The van der Waals surface area contributed by atoms with Gasteiger partial charge in [-0.3, -0.25) is 10.1 Å². The number of hydrogen-bond donors (Lipinski definition) is 4. The molecule has 0 atom stereocenters. The highest BCUT2D eigenvalue weighted by Crippen LogP contribution is 2.32. The van der Waals surface area contributed by atoms with Crippen LogP contribution in [-0.4, -0.2) is 56.0 Å². The van der Waals surface area contributed by atoms with Crippen molar-refractivity contribution in [3.05, 3.63) is 48.0 Å². The zero-order valence-corrected chi connectivity index (χ0v) is 16.0. The Morgan fingerprint density at radius 2 is 1.80 bits per heavy atom. The lowest BCUT2D eigenvalue weighted by atomic mass is 10.2. The lowest BCUT2D eigenvalue weighted by molar-refractivity contribution is -0.123. The summed E-state index contributed by atoms with van der Waals surface area (Å²) >= 11 is 0. The fourth-order valence-electron chi connectivity index (χ4n) is 2.66. The van der Waals surface area contributed by atoms with Gasteiger partial charge in [-0.15, -0.1) is 0 Å². The summed E-state index contributed by atoms with van der Waals surface area (Å²) in [5.41, 5.74) is 1.08. The number of anilines is 2. The van der Waals surface area contributed by atoms with E-state index in [9.17, 15) is 14.4 Å². The van der Waals surface area contributed by atoms with Crippen LogP contribution in [0.25, 0.3) is 0 Å². The van der Waals surface area contributed by atoms with Crippen molar-refractivity contribution < 1.29 is 33.7 Å². The number of aliphatic hydroxyl groups is 1. The number of para-hydroxylation sites is 1. The van der Waals surface area contributed by atoms with Crippen LogP contribution in [0, 0.1) is 0 Å². The van der Waals surface area contributed by atoms with E-state index >= 15 is 0 Å². The van der Waals surface area contributed by atoms with Gasteiger partial charge in [0.15, 0.2) is 18.1 Å². The first-order valence-corrected chi connectivity index (χ1v) is 9.18.